The molecule has 4 rings (SSSR count). The van der Waals surface area contributed by atoms with Crippen molar-refractivity contribution in [3.63, 3.8) is 0 Å². The summed E-state index contributed by atoms with van der Waals surface area (Å²) < 4.78 is 6.18. The first-order chi connectivity index (χ1) is 14.2. The van der Waals surface area contributed by atoms with Gasteiger partial charge < -0.3 is 4.74 Å². The van der Waals surface area contributed by atoms with Crippen LogP contribution in [0.2, 0.25) is 0 Å². The molecule has 0 aromatic heterocycles. The fourth-order valence-electron chi connectivity index (χ4n) is 8.76. The van der Waals surface area contributed by atoms with E-state index in [1.165, 1.54) is 50.5 Å². The maximum atomic E-state index is 12.2. The average Bonchev–Trinajstić information content (AvgIpc) is 3.05. The van der Waals surface area contributed by atoms with Gasteiger partial charge in [-0.1, -0.05) is 59.5 Å². The molecule has 3 fully saturated rings. The van der Waals surface area contributed by atoms with Crippen molar-refractivity contribution in [3.8, 4) is 0 Å². The lowest BCUT2D eigenvalue weighted by atomic mass is 9.45. The highest BCUT2D eigenvalue weighted by Gasteiger charge is 2.61. The molecule has 2 heteroatoms. The standard InChI is InChI=1S/C28H46O2/c1-18(2)8-7-9-19(3)22-10-11-23-26-24(13-15-28(22,23)5)27(4)14-12-21(29)16-20(27)17-25(26)30-6/h16,18-19,22-26H,7-15,17H2,1-6H3/t19-,22-,23+,24+,25+,26+,27-,28+/m0/s1. The molecule has 170 valence electrons. The van der Waals surface area contributed by atoms with Crippen LogP contribution in [-0.2, 0) is 9.53 Å². The highest BCUT2D eigenvalue weighted by Crippen LogP contribution is 2.68. The zero-order valence-corrected chi connectivity index (χ0v) is 20.5. The van der Waals surface area contributed by atoms with Crippen molar-refractivity contribution in [3.05, 3.63) is 11.6 Å². The number of ketones is 1. The molecule has 0 heterocycles. The van der Waals surface area contributed by atoms with Crippen molar-refractivity contribution in [2.24, 2.45) is 46.3 Å². The van der Waals surface area contributed by atoms with Gasteiger partial charge in [0.25, 0.3) is 0 Å². The van der Waals surface area contributed by atoms with Gasteiger partial charge in [0.05, 0.1) is 6.10 Å². The van der Waals surface area contributed by atoms with Crippen LogP contribution < -0.4 is 0 Å². The van der Waals surface area contributed by atoms with Crippen LogP contribution in [0.3, 0.4) is 0 Å². The molecule has 0 aromatic carbocycles. The predicted octanol–water partition coefficient (Wildman–Crippen LogP) is 7.22. The fourth-order valence-corrected chi connectivity index (χ4v) is 8.76. The molecular weight excluding hydrogens is 368 g/mol. The summed E-state index contributed by atoms with van der Waals surface area (Å²) in [6.45, 7) is 12.4. The molecule has 0 amide bonds. The Morgan fingerprint density at radius 3 is 2.53 bits per heavy atom. The van der Waals surface area contributed by atoms with Crippen LogP contribution in [-0.4, -0.2) is 19.0 Å². The first kappa shape index (κ1) is 22.6. The third-order valence-corrected chi connectivity index (χ3v) is 10.5. The van der Waals surface area contributed by atoms with Crippen LogP contribution in [0.25, 0.3) is 0 Å². The summed E-state index contributed by atoms with van der Waals surface area (Å²) in [5, 5.41) is 0. The highest BCUT2D eigenvalue weighted by molar-refractivity contribution is 5.91. The van der Waals surface area contributed by atoms with Crippen molar-refractivity contribution in [2.45, 2.75) is 105 Å². The van der Waals surface area contributed by atoms with E-state index in [9.17, 15) is 4.79 Å². The van der Waals surface area contributed by atoms with Crippen LogP contribution in [0, 0.1) is 46.3 Å². The van der Waals surface area contributed by atoms with E-state index >= 15 is 0 Å². The number of carbonyl (C=O) groups excluding carboxylic acids is 1. The summed E-state index contributed by atoms with van der Waals surface area (Å²) in [5.41, 5.74) is 2.12. The molecule has 0 aromatic rings. The minimum Gasteiger partial charge on any atom is -0.381 e. The van der Waals surface area contributed by atoms with Crippen LogP contribution >= 0.6 is 0 Å². The van der Waals surface area contributed by atoms with Crippen LogP contribution in [0.5, 0.6) is 0 Å². The Morgan fingerprint density at radius 1 is 1.07 bits per heavy atom. The number of hydrogen-bond donors (Lipinski definition) is 0. The average molecular weight is 415 g/mol. The number of rotatable bonds is 6. The number of hydrogen-bond acceptors (Lipinski definition) is 2. The largest absolute Gasteiger partial charge is 0.381 e. The first-order valence-electron chi connectivity index (χ1n) is 13.0. The lowest BCUT2D eigenvalue weighted by molar-refractivity contribution is -0.130. The van der Waals surface area contributed by atoms with E-state index in [4.69, 9.17) is 4.74 Å². The van der Waals surface area contributed by atoms with Gasteiger partial charge in [-0.15, -0.1) is 0 Å². The van der Waals surface area contributed by atoms with Gasteiger partial charge in [-0.05, 0) is 90.9 Å². The summed E-state index contributed by atoms with van der Waals surface area (Å²) in [5.74, 6) is 5.07. The highest BCUT2D eigenvalue weighted by atomic mass is 16.5. The second-order valence-corrected chi connectivity index (χ2v) is 12.4. The van der Waals surface area contributed by atoms with Crippen molar-refractivity contribution in [1.29, 1.82) is 0 Å². The second kappa shape index (κ2) is 8.38. The summed E-state index contributed by atoms with van der Waals surface area (Å²) in [7, 11) is 1.92. The minimum absolute atomic E-state index is 0.232. The topological polar surface area (TPSA) is 26.3 Å². The zero-order valence-electron chi connectivity index (χ0n) is 20.5. The fraction of sp³-hybridized carbons (Fsp3) is 0.893. The second-order valence-electron chi connectivity index (χ2n) is 12.4. The molecule has 0 N–H and O–H groups in total. The van der Waals surface area contributed by atoms with Crippen molar-refractivity contribution >= 4 is 5.78 Å². The summed E-state index contributed by atoms with van der Waals surface area (Å²) >= 11 is 0. The van der Waals surface area contributed by atoms with E-state index in [-0.39, 0.29) is 5.41 Å². The molecule has 0 saturated heterocycles. The maximum absolute atomic E-state index is 12.2. The van der Waals surface area contributed by atoms with Crippen LogP contribution in [0.4, 0.5) is 0 Å². The van der Waals surface area contributed by atoms with Crippen LogP contribution in [0.15, 0.2) is 11.6 Å². The number of methoxy groups -OCH3 is 1. The van der Waals surface area contributed by atoms with Gasteiger partial charge in [-0.2, -0.15) is 0 Å². The lowest BCUT2D eigenvalue weighted by Crippen LogP contribution is -2.56. The van der Waals surface area contributed by atoms with Gasteiger partial charge >= 0.3 is 0 Å². The quantitative estimate of drug-likeness (QED) is 0.458. The Hall–Kier alpha value is -0.630. The van der Waals surface area contributed by atoms with Gasteiger partial charge in [-0.25, -0.2) is 0 Å². The van der Waals surface area contributed by atoms with Gasteiger partial charge in [0.2, 0.25) is 0 Å². The molecule has 30 heavy (non-hydrogen) atoms. The third-order valence-electron chi connectivity index (χ3n) is 10.5. The summed E-state index contributed by atoms with van der Waals surface area (Å²) in [6.07, 6.45) is 14.8. The van der Waals surface area contributed by atoms with Gasteiger partial charge in [0, 0.05) is 13.5 Å². The SMILES string of the molecule is CO[C@@H]1CC2=CC(=O)CC[C@]2(C)[C@@H]2CC[C@@]3(C)[C@H](CC[C@H]3[C@@H](C)CCCC(C)C)[C@H]21. The minimum atomic E-state index is 0.232. The normalized spacial score (nSPS) is 44.3. The number of carbonyl (C=O) groups is 1. The van der Waals surface area contributed by atoms with E-state index in [0.29, 0.717) is 29.1 Å². The van der Waals surface area contributed by atoms with E-state index in [2.05, 4.69) is 34.6 Å². The Kier molecular flexibility index (Phi) is 6.30. The molecule has 0 bridgehead atoms. The molecule has 0 spiro atoms. The molecule has 0 radical (unpaired) electrons. The Morgan fingerprint density at radius 2 is 1.83 bits per heavy atom. The molecule has 4 aliphatic rings. The van der Waals surface area contributed by atoms with E-state index in [1.54, 1.807) is 0 Å². The number of fused-ring (bicyclic) bond motifs is 5. The van der Waals surface area contributed by atoms with Gasteiger partial charge in [-0.3, -0.25) is 4.79 Å². The van der Waals surface area contributed by atoms with Crippen molar-refractivity contribution in [1.82, 2.24) is 0 Å². The molecule has 3 saturated carbocycles. The molecule has 0 aliphatic heterocycles. The summed E-state index contributed by atoms with van der Waals surface area (Å²) in [6, 6.07) is 0. The molecule has 0 unspecified atom stereocenters. The van der Waals surface area contributed by atoms with E-state index in [1.807, 2.05) is 13.2 Å². The van der Waals surface area contributed by atoms with Crippen molar-refractivity contribution in [2.75, 3.05) is 7.11 Å². The Bertz CT molecular complexity index is 678. The summed E-state index contributed by atoms with van der Waals surface area (Å²) in [4.78, 5) is 12.2. The van der Waals surface area contributed by atoms with Gasteiger partial charge in [0.15, 0.2) is 5.78 Å². The molecular formula is C28H46O2. The smallest absolute Gasteiger partial charge is 0.155 e. The number of ether oxygens (including phenoxy) is 1. The predicted molar refractivity (Wildman–Crippen MR) is 124 cm³/mol. The Labute approximate surface area is 185 Å². The lowest BCUT2D eigenvalue weighted by Gasteiger charge is -2.60. The monoisotopic (exact) mass is 414 g/mol. The first-order valence-corrected chi connectivity index (χ1v) is 13.0. The molecule has 2 nitrogen and oxygen atoms in total. The van der Waals surface area contributed by atoms with Crippen molar-refractivity contribution < 1.29 is 9.53 Å². The van der Waals surface area contributed by atoms with E-state index < -0.39 is 0 Å². The Balaban J connectivity index is 1.56. The zero-order chi connectivity index (χ0) is 21.7. The molecule has 8 atom stereocenters. The van der Waals surface area contributed by atoms with Gasteiger partial charge in [0.1, 0.15) is 0 Å². The van der Waals surface area contributed by atoms with Crippen LogP contribution in [0.1, 0.15) is 98.8 Å². The van der Waals surface area contributed by atoms with E-state index in [0.717, 1.165) is 42.9 Å². The third kappa shape index (κ3) is 3.63. The maximum Gasteiger partial charge on any atom is 0.155 e. The molecule has 4 aliphatic carbocycles.